The van der Waals surface area contributed by atoms with E-state index in [0.29, 0.717) is 28.3 Å². The summed E-state index contributed by atoms with van der Waals surface area (Å²) >= 11 is 0. The Morgan fingerprint density at radius 2 is 1.33 bits per heavy atom. The van der Waals surface area contributed by atoms with Crippen molar-refractivity contribution in [3.8, 4) is 0 Å². The van der Waals surface area contributed by atoms with Crippen LogP contribution in [0.3, 0.4) is 0 Å². The summed E-state index contributed by atoms with van der Waals surface area (Å²) in [6.07, 6.45) is 11.1. The first-order valence-corrected chi connectivity index (χ1v) is 22.5. The second-order valence-corrected chi connectivity index (χ2v) is 19.6. The molecular formula is C44H50N4O4S2. The minimum Gasteiger partial charge on any atom is -0.361 e. The Morgan fingerprint density at radius 3 is 1.96 bits per heavy atom. The van der Waals surface area contributed by atoms with Crippen LogP contribution in [0.15, 0.2) is 119 Å². The van der Waals surface area contributed by atoms with Crippen molar-refractivity contribution in [2.45, 2.75) is 72.9 Å². The SMILES string of the molecule is CN1CCCC1Cc1c[nH]c2ccc(C(CS(=O)(=O)c3ccccc3)n3cc(CC4CCCN4C)c4cc(CCS(=O)(=O)c5ccccc5)ccc43)cc12. The monoisotopic (exact) mass is 762 g/mol. The Bertz CT molecular complexity index is 2480. The molecule has 2 aromatic heterocycles. The lowest BCUT2D eigenvalue weighted by atomic mass is 10.00. The lowest BCUT2D eigenvalue weighted by Gasteiger charge is -2.22. The van der Waals surface area contributed by atoms with Crippen LogP contribution >= 0.6 is 0 Å². The first kappa shape index (κ1) is 36.7. The number of aromatic amines is 1. The molecule has 0 bridgehead atoms. The van der Waals surface area contributed by atoms with Gasteiger partial charge in [-0.15, -0.1) is 0 Å². The van der Waals surface area contributed by atoms with E-state index in [1.165, 1.54) is 18.4 Å². The lowest BCUT2D eigenvalue weighted by molar-refractivity contribution is 0.309. The normalized spacial score (nSPS) is 19.3. The van der Waals surface area contributed by atoms with E-state index in [1.54, 1.807) is 48.5 Å². The summed E-state index contributed by atoms with van der Waals surface area (Å²) in [6.45, 7) is 2.17. The Kier molecular flexibility index (Phi) is 10.3. The highest BCUT2D eigenvalue weighted by Gasteiger charge is 2.29. The van der Waals surface area contributed by atoms with Crippen LogP contribution in [0.25, 0.3) is 21.8 Å². The molecule has 54 heavy (non-hydrogen) atoms. The molecule has 8 nitrogen and oxygen atoms in total. The molecule has 10 heteroatoms. The van der Waals surface area contributed by atoms with Gasteiger partial charge in [-0.2, -0.15) is 0 Å². The Balaban J connectivity index is 1.22. The molecule has 8 rings (SSSR count). The van der Waals surface area contributed by atoms with Crippen molar-refractivity contribution < 1.29 is 16.8 Å². The van der Waals surface area contributed by atoms with Crippen LogP contribution in [0.4, 0.5) is 0 Å². The fourth-order valence-corrected chi connectivity index (χ4v) is 11.6. The van der Waals surface area contributed by atoms with Gasteiger partial charge in [-0.1, -0.05) is 48.5 Å². The van der Waals surface area contributed by atoms with E-state index in [-0.39, 0.29) is 11.5 Å². The van der Waals surface area contributed by atoms with Gasteiger partial charge in [-0.25, -0.2) is 16.8 Å². The molecule has 2 aliphatic heterocycles. The largest absolute Gasteiger partial charge is 0.361 e. The molecule has 0 amide bonds. The molecule has 2 saturated heterocycles. The quantitative estimate of drug-likeness (QED) is 0.131. The lowest BCUT2D eigenvalue weighted by Crippen LogP contribution is -2.26. The number of sulfone groups is 2. The minimum atomic E-state index is -3.69. The maximum atomic E-state index is 14.3. The Morgan fingerprint density at radius 1 is 0.704 bits per heavy atom. The third-order valence-electron chi connectivity index (χ3n) is 12.0. The van der Waals surface area contributed by atoms with Crippen molar-refractivity contribution >= 4 is 41.5 Å². The topological polar surface area (TPSA) is 95.5 Å². The molecule has 4 heterocycles. The molecule has 3 atom stereocenters. The van der Waals surface area contributed by atoms with Gasteiger partial charge in [0.1, 0.15) is 0 Å². The summed E-state index contributed by atoms with van der Waals surface area (Å²) in [6, 6.07) is 30.4. The van der Waals surface area contributed by atoms with Gasteiger partial charge in [0.25, 0.3) is 0 Å². The number of rotatable bonds is 13. The van der Waals surface area contributed by atoms with E-state index in [0.717, 1.165) is 77.3 Å². The fourth-order valence-electron chi connectivity index (χ4n) is 8.77. The van der Waals surface area contributed by atoms with E-state index in [1.807, 2.05) is 18.2 Å². The number of likely N-dealkylation sites (tertiary alicyclic amines) is 2. The van der Waals surface area contributed by atoms with Gasteiger partial charge in [0.05, 0.1) is 27.3 Å². The summed E-state index contributed by atoms with van der Waals surface area (Å²) in [7, 11) is -2.76. The van der Waals surface area contributed by atoms with E-state index in [4.69, 9.17) is 0 Å². The van der Waals surface area contributed by atoms with Gasteiger partial charge >= 0.3 is 0 Å². The number of nitrogens with one attached hydrogen (secondary N) is 1. The number of hydrogen-bond donors (Lipinski definition) is 1. The molecule has 0 saturated carbocycles. The third-order valence-corrected chi connectivity index (χ3v) is 15.5. The average molecular weight is 763 g/mol. The van der Waals surface area contributed by atoms with Crippen LogP contribution in [-0.2, 0) is 38.9 Å². The van der Waals surface area contributed by atoms with Crippen LogP contribution in [0.2, 0.25) is 0 Å². The predicted octanol–water partition coefficient (Wildman–Crippen LogP) is 7.48. The van der Waals surface area contributed by atoms with Gasteiger partial charge < -0.3 is 19.4 Å². The molecule has 0 aliphatic carbocycles. The molecule has 0 radical (unpaired) electrons. The van der Waals surface area contributed by atoms with Crippen molar-refractivity contribution in [1.82, 2.24) is 19.4 Å². The van der Waals surface area contributed by atoms with Crippen LogP contribution in [0.5, 0.6) is 0 Å². The highest BCUT2D eigenvalue weighted by Crippen LogP contribution is 2.36. The van der Waals surface area contributed by atoms with Crippen molar-refractivity contribution in [3.63, 3.8) is 0 Å². The zero-order valence-electron chi connectivity index (χ0n) is 31.2. The number of likely N-dealkylation sites (N-methyl/N-ethyl adjacent to an activating group) is 2. The molecule has 1 N–H and O–H groups in total. The maximum Gasteiger partial charge on any atom is 0.180 e. The molecular weight excluding hydrogens is 713 g/mol. The number of nitrogens with zero attached hydrogens (tertiary/aromatic N) is 3. The highest BCUT2D eigenvalue weighted by atomic mass is 32.2. The van der Waals surface area contributed by atoms with Gasteiger partial charge in [-0.05, 0) is 143 Å². The van der Waals surface area contributed by atoms with Gasteiger partial charge in [0, 0.05) is 46.3 Å². The highest BCUT2D eigenvalue weighted by molar-refractivity contribution is 7.91. The second kappa shape index (κ2) is 15.1. The first-order chi connectivity index (χ1) is 26.1. The number of fused-ring (bicyclic) bond motifs is 2. The van der Waals surface area contributed by atoms with Crippen molar-refractivity contribution in [2.24, 2.45) is 0 Å². The smallest absolute Gasteiger partial charge is 0.180 e. The molecule has 2 aliphatic rings. The number of benzene rings is 4. The second-order valence-electron chi connectivity index (χ2n) is 15.5. The van der Waals surface area contributed by atoms with E-state index in [9.17, 15) is 16.8 Å². The number of aryl methyl sites for hydroxylation is 1. The third kappa shape index (κ3) is 7.54. The van der Waals surface area contributed by atoms with Crippen molar-refractivity contribution in [1.29, 1.82) is 0 Å². The Labute approximate surface area is 319 Å². The van der Waals surface area contributed by atoms with Gasteiger partial charge in [-0.3, -0.25) is 0 Å². The summed E-state index contributed by atoms with van der Waals surface area (Å²) in [5.41, 5.74) is 6.32. The molecule has 2 fully saturated rings. The van der Waals surface area contributed by atoms with Crippen LogP contribution < -0.4 is 0 Å². The van der Waals surface area contributed by atoms with Gasteiger partial charge in [0.15, 0.2) is 19.7 Å². The molecule has 0 spiro atoms. The number of hydrogen-bond acceptors (Lipinski definition) is 6. The fraction of sp³-hybridized carbons (Fsp3) is 0.364. The van der Waals surface area contributed by atoms with Gasteiger partial charge in [0.2, 0.25) is 0 Å². The van der Waals surface area contributed by atoms with Crippen molar-refractivity contribution in [2.75, 3.05) is 38.7 Å². The Hall–Kier alpha value is -4.22. The van der Waals surface area contributed by atoms with Crippen LogP contribution in [-0.4, -0.2) is 87.0 Å². The molecule has 6 aromatic rings. The van der Waals surface area contributed by atoms with Crippen LogP contribution in [0.1, 0.15) is 54.0 Å². The van der Waals surface area contributed by atoms with E-state index < -0.39 is 25.7 Å². The minimum absolute atomic E-state index is 0.0114. The average Bonchev–Trinajstić information content (AvgIpc) is 3.98. The maximum absolute atomic E-state index is 14.3. The zero-order valence-corrected chi connectivity index (χ0v) is 32.8. The summed E-state index contributed by atoms with van der Waals surface area (Å²) in [5.74, 6) is -0.0885. The molecule has 4 aromatic carbocycles. The van der Waals surface area contributed by atoms with Crippen molar-refractivity contribution in [3.05, 3.63) is 132 Å². The molecule has 282 valence electrons. The number of H-pyrrole nitrogens is 1. The number of aromatic nitrogens is 2. The van der Waals surface area contributed by atoms with E-state index >= 15 is 0 Å². The molecule has 3 unspecified atom stereocenters. The first-order valence-electron chi connectivity index (χ1n) is 19.2. The summed E-state index contributed by atoms with van der Waals surface area (Å²) in [4.78, 5) is 8.99. The standard InChI is InChI=1S/C44H50N4O4S2/c1-46-22-9-11-36(46)26-34-29-45-42-19-18-33(28-40(34)42)44(31-54(51,52)39-15-7-4-8-16-39)48-30-35(27-37-12-10-23-47(37)2)41-25-32(17-20-43(41)48)21-24-53(49,50)38-13-5-3-6-14-38/h3-8,13-20,25,28-30,36-37,44-45H,9-12,21-24,26-27,31H2,1-2H3. The predicted molar refractivity (Wildman–Crippen MR) is 218 cm³/mol. The van der Waals surface area contributed by atoms with Crippen LogP contribution in [0, 0.1) is 0 Å². The summed E-state index contributed by atoms with van der Waals surface area (Å²) < 4.78 is 57.2. The summed E-state index contributed by atoms with van der Waals surface area (Å²) in [5, 5.41) is 2.20. The zero-order chi connectivity index (χ0) is 37.5. The van der Waals surface area contributed by atoms with E-state index in [2.05, 4.69) is 76.2 Å².